The monoisotopic (exact) mass is 233 g/mol. The van der Waals surface area contributed by atoms with Gasteiger partial charge in [-0.05, 0) is 50.1 Å². The Labute approximate surface area is 102 Å². The van der Waals surface area contributed by atoms with E-state index in [9.17, 15) is 4.79 Å². The number of ether oxygens (including phenoxy) is 1. The van der Waals surface area contributed by atoms with Gasteiger partial charge in [0.1, 0.15) is 5.75 Å². The zero-order chi connectivity index (χ0) is 12.4. The number of methoxy groups -OCH3 is 1. The Bertz CT molecular complexity index is 434. The molecule has 0 spiro atoms. The summed E-state index contributed by atoms with van der Waals surface area (Å²) in [5.41, 5.74) is 3.02. The van der Waals surface area contributed by atoms with Gasteiger partial charge in [0.25, 0.3) is 0 Å². The van der Waals surface area contributed by atoms with Gasteiger partial charge in [0.05, 0.1) is 12.7 Å². The molecule has 3 heteroatoms. The molecule has 1 atom stereocenters. The highest BCUT2D eigenvalue weighted by molar-refractivity contribution is 6.01. The van der Waals surface area contributed by atoms with Crippen molar-refractivity contribution in [3.63, 3.8) is 0 Å². The average molecular weight is 233 g/mol. The fraction of sp³-hybridized carbons (Fsp3) is 0.500. The molecule has 17 heavy (non-hydrogen) atoms. The number of rotatable bonds is 3. The summed E-state index contributed by atoms with van der Waals surface area (Å²) in [4.78, 5) is 12.4. The van der Waals surface area contributed by atoms with Crippen LogP contribution in [0.1, 0.15) is 27.9 Å². The zero-order valence-electron chi connectivity index (χ0n) is 10.7. The number of carbonyl (C=O) groups is 1. The molecule has 1 heterocycles. The number of carbonyl (C=O) groups excluding carboxylic acids is 1. The van der Waals surface area contributed by atoms with Crippen LogP contribution in [-0.2, 0) is 0 Å². The lowest BCUT2D eigenvalue weighted by atomic mass is 9.94. The van der Waals surface area contributed by atoms with E-state index in [1.807, 2.05) is 26.0 Å². The van der Waals surface area contributed by atoms with Gasteiger partial charge in [0.2, 0.25) is 0 Å². The Balaban J connectivity index is 2.36. The van der Waals surface area contributed by atoms with E-state index in [0.29, 0.717) is 5.75 Å². The molecule has 92 valence electrons. The predicted octanol–water partition coefficient (Wildman–Crippen LogP) is 2.10. The van der Waals surface area contributed by atoms with Crippen LogP contribution in [-0.4, -0.2) is 26.0 Å². The van der Waals surface area contributed by atoms with E-state index < -0.39 is 0 Å². The normalized spacial score (nSPS) is 19.4. The maximum Gasteiger partial charge on any atom is 0.170 e. The summed E-state index contributed by atoms with van der Waals surface area (Å²) in [5, 5.41) is 3.22. The van der Waals surface area contributed by atoms with E-state index in [0.717, 1.165) is 36.2 Å². The van der Waals surface area contributed by atoms with E-state index in [2.05, 4.69) is 5.32 Å². The van der Waals surface area contributed by atoms with Crippen LogP contribution < -0.4 is 10.1 Å². The van der Waals surface area contributed by atoms with E-state index in [1.54, 1.807) is 7.11 Å². The van der Waals surface area contributed by atoms with Crippen molar-refractivity contribution in [3.8, 4) is 5.75 Å². The lowest BCUT2D eigenvalue weighted by Gasteiger charge is -2.13. The fourth-order valence-electron chi connectivity index (χ4n) is 2.25. The van der Waals surface area contributed by atoms with Crippen LogP contribution in [0.3, 0.4) is 0 Å². The van der Waals surface area contributed by atoms with Crippen molar-refractivity contribution in [2.45, 2.75) is 20.3 Å². The SMILES string of the molecule is COc1cc(C)c(C)cc1C(=O)C1CCNC1. The molecule has 0 aliphatic carbocycles. The quantitative estimate of drug-likeness (QED) is 0.813. The van der Waals surface area contributed by atoms with Crippen molar-refractivity contribution >= 4 is 5.78 Å². The lowest BCUT2D eigenvalue weighted by molar-refractivity contribution is 0.0927. The largest absolute Gasteiger partial charge is 0.496 e. The first-order valence-electron chi connectivity index (χ1n) is 6.03. The number of hydrogen-bond donors (Lipinski definition) is 1. The van der Waals surface area contributed by atoms with Crippen LogP contribution in [0.4, 0.5) is 0 Å². The van der Waals surface area contributed by atoms with E-state index >= 15 is 0 Å². The first-order valence-corrected chi connectivity index (χ1v) is 6.03. The van der Waals surface area contributed by atoms with Crippen LogP contribution in [0.25, 0.3) is 0 Å². The first-order chi connectivity index (χ1) is 8.13. The van der Waals surface area contributed by atoms with Crippen molar-refractivity contribution < 1.29 is 9.53 Å². The molecule has 0 radical (unpaired) electrons. The van der Waals surface area contributed by atoms with Crippen molar-refractivity contribution in [3.05, 3.63) is 28.8 Å². The van der Waals surface area contributed by atoms with Gasteiger partial charge in [-0.25, -0.2) is 0 Å². The van der Waals surface area contributed by atoms with Crippen LogP contribution >= 0.6 is 0 Å². The maximum absolute atomic E-state index is 12.4. The smallest absolute Gasteiger partial charge is 0.170 e. The summed E-state index contributed by atoms with van der Waals surface area (Å²) in [7, 11) is 1.62. The number of Topliss-reactive ketones (excluding diaryl/α,β-unsaturated/α-hetero) is 1. The molecule has 0 saturated carbocycles. The minimum Gasteiger partial charge on any atom is -0.496 e. The average Bonchev–Trinajstić information content (AvgIpc) is 2.84. The van der Waals surface area contributed by atoms with Crippen LogP contribution in [0.15, 0.2) is 12.1 Å². The minimum atomic E-state index is 0.103. The van der Waals surface area contributed by atoms with Crippen molar-refractivity contribution in [1.82, 2.24) is 5.32 Å². The zero-order valence-corrected chi connectivity index (χ0v) is 10.7. The molecule has 0 amide bonds. The highest BCUT2D eigenvalue weighted by Gasteiger charge is 2.26. The second kappa shape index (κ2) is 4.88. The van der Waals surface area contributed by atoms with Crippen LogP contribution in [0, 0.1) is 19.8 Å². The highest BCUT2D eigenvalue weighted by atomic mass is 16.5. The van der Waals surface area contributed by atoms with Gasteiger partial charge in [-0.1, -0.05) is 0 Å². The second-order valence-electron chi connectivity index (χ2n) is 4.69. The molecule has 0 bridgehead atoms. The van der Waals surface area contributed by atoms with Gasteiger partial charge in [-0.3, -0.25) is 4.79 Å². The standard InChI is InChI=1S/C14H19NO2/c1-9-6-12(13(17-3)7-10(9)2)14(16)11-4-5-15-8-11/h6-7,11,15H,4-5,8H2,1-3H3. The lowest BCUT2D eigenvalue weighted by Crippen LogP contribution is -2.18. The maximum atomic E-state index is 12.4. The molecular formula is C14H19NO2. The number of benzene rings is 1. The Morgan fingerprint density at radius 1 is 1.35 bits per heavy atom. The molecule has 1 aromatic carbocycles. The molecule has 1 aromatic rings. The molecule has 1 N–H and O–H groups in total. The third kappa shape index (κ3) is 2.34. The predicted molar refractivity (Wildman–Crippen MR) is 67.8 cm³/mol. The van der Waals surface area contributed by atoms with Crippen molar-refractivity contribution in [2.75, 3.05) is 20.2 Å². The summed E-state index contributed by atoms with van der Waals surface area (Å²) in [6, 6.07) is 3.90. The van der Waals surface area contributed by atoms with Gasteiger partial charge in [0.15, 0.2) is 5.78 Å². The summed E-state index contributed by atoms with van der Waals surface area (Å²) in [5.74, 6) is 1.01. The number of hydrogen-bond acceptors (Lipinski definition) is 3. The topological polar surface area (TPSA) is 38.3 Å². The molecule has 2 rings (SSSR count). The Hall–Kier alpha value is -1.35. The molecule has 1 aliphatic rings. The van der Waals surface area contributed by atoms with Gasteiger partial charge >= 0.3 is 0 Å². The summed E-state index contributed by atoms with van der Waals surface area (Å²) >= 11 is 0. The summed E-state index contributed by atoms with van der Waals surface area (Å²) in [6.45, 7) is 5.78. The van der Waals surface area contributed by atoms with E-state index in [4.69, 9.17) is 4.74 Å². The van der Waals surface area contributed by atoms with Crippen LogP contribution in [0.2, 0.25) is 0 Å². The van der Waals surface area contributed by atoms with Crippen LogP contribution in [0.5, 0.6) is 5.75 Å². The molecule has 0 aromatic heterocycles. The van der Waals surface area contributed by atoms with E-state index in [-0.39, 0.29) is 11.7 Å². The summed E-state index contributed by atoms with van der Waals surface area (Å²) in [6.07, 6.45) is 0.926. The Morgan fingerprint density at radius 3 is 2.65 bits per heavy atom. The van der Waals surface area contributed by atoms with Gasteiger partial charge in [-0.15, -0.1) is 0 Å². The molecular weight excluding hydrogens is 214 g/mol. The molecule has 3 nitrogen and oxygen atoms in total. The number of ketones is 1. The fourth-order valence-corrected chi connectivity index (χ4v) is 2.25. The van der Waals surface area contributed by atoms with Crippen molar-refractivity contribution in [1.29, 1.82) is 0 Å². The van der Waals surface area contributed by atoms with Crippen molar-refractivity contribution in [2.24, 2.45) is 5.92 Å². The third-order valence-electron chi connectivity index (χ3n) is 3.51. The molecule has 1 fully saturated rings. The number of aryl methyl sites for hydroxylation is 2. The number of nitrogens with one attached hydrogen (secondary N) is 1. The van der Waals surface area contributed by atoms with Gasteiger partial charge < -0.3 is 10.1 Å². The summed E-state index contributed by atoms with van der Waals surface area (Å²) < 4.78 is 5.32. The highest BCUT2D eigenvalue weighted by Crippen LogP contribution is 2.27. The van der Waals surface area contributed by atoms with E-state index in [1.165, 1.54) is 0 Å². The second-order valence-corrected chi connectivity index (χ2v) is 4.69. The third-order valence-corrected chi connectivity index (χ3v) is 3.51. The Morgan fingerprint density at radius 2 is 2.06 bits per heavy atom. The molecule has 1 saturated heterocycles. The first kappa shape index (κ1) is 12.1. The molecule has 1 aliphatic heterocycles. The van der Waals surface area contributed by atoms with Gasteiger partial charge in [-0.2, -0.15) is 0 Å². The minimum absolute atomic E-state index is 0.103. The molecule has 1 unspecified atom stereocenters. The Kier molecular flexibility index (Phi) is 3.48. The van der Waals surface area contributed by atoms with Gasteiger partial charge in [0, 0.05) is 12.5 Å².